The molecule has 3 rings (SSSR count). The Labute approximate surface area is 140 Å². The molecule has 0 aromatic rings. The van der Waals surface area contributed by atoms with Gasteiger partial charge in [0.05, 0.1) is 24.4 Å². The first-order chi connectivity index (χ1) is 11.3. The predicted octanol–water partition coefficient (Wildman–Crippen LogP) is -1.16. The summed E-state index contributed by atoms with van der Waals surface area (Å²) in [6.07, 6.45) is -4.66. The number of ether oxygens (including phenoxy) is 3. The lowest BCUT2D eigenvalue weighted by atomic mass is 9.82. The molecule has 1 saturated heterocycles. The molecule has 8 nitrogen and oxygen atoms in total. The summed E-state index contributed by atoms with van der Waals surface area (Å²) >= 11 is 0. The first kappa shape index (κ1) is 18.1. The van der Waals surface area contributed by atoms with Crippen LogP contribution >= 0.6 is 0 Å². The second-order valence-electron chi connectivity index (χ2n) is 7.23. The van der Waals surface area contributed by atoms with Crippen molar-refractivity contribution in [3.8, 4) is 0 Å². The van der Waals surface area contributed by atoms with E-state index >= 15 is 0 Å². The summed E-state index contributed by atoms with van der Waals surface area (Å²) in [5.74, 6) is -0.237. The average Bonchev–Trinajstić information content (AvgIpc) is 2.87. The third-order valence-corrected chi connectivity index (χ3v) is 5.50. The van der Waals surface area contributed by atoms with E-state index in [4.69, 9.17) is 14.2 Å². The minimum Gasteiger partial charge on any atom is -0.472 e. The number of hydrogen-bond donors (Lipinski definition) is 5. The van der Waals surface area contributed by atoms with Gasteiger partial charge >= 0.3 is 0 Å². The van der Waals surface area contributed by atoms with Crippen LogP contribution in [0.5, 0.6) is 0 Å². The van der Waals surface area contributed by atoms with Crippen molar-refractivity contribution in [2.24, 2.45) is 11.8 Å². The molecule has 0 aromatic heterocycles. The van der Waals surface area contributed by atoms with E-state index in [0.717, 1.165) is 12.0 Å². The van der Waals surface area contributed by atoms with Gasteiger partial charge in [0.25, 0.3) is 0 Å². The molecular weight excluding hydrogens is 320 g/mol. The molecule has 138 valence electrons. The van der Waals surface area contributed by atoms with Gasteiger partial charge in [0.2, 0.25) is 6.29 Å². The minimum absolute atomic E-state index is 0.101. The lowest BCUT2D eigenvalue weighted by Crippen LogP contribution is -2.60. The Bertz CT molecular complexity index is 490. The highest BCUT2D eigenvalue weighted by Crippen LogP contribution is 2.49. The molecule has 0 bridgehead atoms. The Hall–Kier alpha value is -0.740. The number of aliphatic hydroxyl groups is 5. The highest BCUT2D eigenvalue weighted by Gasteiger charge is 2.54. The van der Waals surface area contributed by atoms with E-state index in [1.165, 1.54) is 0 Å². The van der Waals surface area contributed by atoms with E-state index in [-0.39, 0.29) is 11.8 Å². The SMILES string of the molecule is CC1=CO[C@@H](O[C@@H]2O[C@H](CO)[C@@H](O)[C@H](O)[C@H]2O)[C@H]2[C@@H]1CC[C@]2(C)O. The first-order valence-electron chi connectivity index (χ1n) is 8.26. The monoisotopic (exact) mass is 346 g/mol. The number of rotatable bonds is 3. The maximum absolute atomic E-state index is 10.6. The summed E-state index contributed by atoms with van der Waals surface area (Å²) in [6.45, 7) is 3.13. The van der Waals surface area contributed by atoms with Crippen LogP contribution in [0.1, 0.15) is 26.7 Å². The van der Waals surface area contributed by atoms with Crippen molar-refractivity contribution >= 4 is 0 Å². The van der Waals surface area contributed by atoms with Gasteiger partial charge in [-0.05, 0) is 38.2 Å². The standard InChI is InChI=1S/C16H26O8/c1-7-6-22-14(10-8(7)3-4-16(10,2)21)24-15-13(20)12(19)11(18)9(5-17)23-15/h6,8-15,17-21H,3-5H2,1-2H3/t8-,9-,10-,11-,12+,13-,14+,15+,16+/m1/s1. The molecule has 1 saturated carbocycles. The largest absolute Gasteiger partial charge is 0.472 e. The van der Waals surface area contributed by atoms with Crippen molar-refractivity contribution in [2.45, 2.75) is 69.3 Å². The van der Waals surface area contributed by atoms with Gasteiger partial charge in [0, 0.05) is 0 Å². The highest BCUT2D eigenvalue weighted by molar-refractivity contribution is 5.13. The van der Waals surface area contributed by atoms with Crippen LogP contribution in [0.15, 0.2) is 11.8 Å². The summed E-state index contributed by atoms with van der Waals surface area (Å²) < 4.78 is 16.7. The first-order valence-corrected chi connectivity index (χ1v) is 8.26. The number of fused-ring (bicyclic) bond motifs is 1. The van der Waals surface area contributed by atoms with Crippen LogP contribution in [-0.4, -0.2) is 74.7 Å². The number of aliphatic hydroxyl groups excluding tert-OH is 4. The molecule has 1 aliphatic carbocycles. The molecule has 0 spiro atoms. The van der Waals surface area contributed by atoms with Gasteiger partial charge in [0.1, 0.15) is 24.4 Å². The molecule has 0 amide bonds. The van der Waals surface area contributed by atoms with Crippen molar-refractivity contribution in [3.05, 3.63) is 11.8 Å². The van der Waals surface area contributed by atoms with Crippen LogP contribution < -0.4 is 0 Å². The predicted molar refractivity (Wildman–Crippen MR) is 80.3 cm³/mol. The van der Waals surface area contributed by atoms with Gasteiger partial charge in [-0.3, -0.25) is 0 Å². The van der Waals surface area contributed by atoms with Crippen LogP contribution in [0.2, 0.25) is 0 Å². The number of allylic oxidation sites excluding steroid dienone is 1. The molecule has 2 fully saturated rings. The van der Waals surface area contributed by atoms with Gasteiger partial charge in [-0.2, -0.15) is 0 Å². The Balaban J connectivity index is 1.77. The van der Waals surface area contributed by atoms with Gasteiger partial charge in [-0.25, -0.2) is 0 Å². The molecule has 5 N–H and O–H groups in total. The molecule has 24 heavy (non-hydrogen) atoms. The zero-order valence-electron chi connectivity index (χ0n) is 13.8. The summed E-state index contributed by atoms with van der Waals surface area (Å²) in [5, 5.41) is 49.7. The molecule has 2 aliphatic heterocycles. The second-order valence-corrected chi connectivity index (χ2v) is 7.23. The van der Waals surface area contributed by atoms with Crippen LogP contribution in [0.25, 0.3) is 0 Å². The van der Waals surface area contributed by atoms with Crippen molar-refractivity contribution in [1.29, 1.82) is 0 Å². The van der Waals surface area contributed by atoms with E-state index in [2.05, 4.69) is 0 Å². The fourth-order valence-electron chi connectivity index (χ4n) is 4.00. The quantitative estimate of drug-likeness (QED) is 0.433. The average molecular weight is 346 g/mol. The topological polar surface area (TPSA) is 129 Å². The van der Waals surface area contributed by atoms with E-state index in [1.54, 1.807) is 13.2 Å². The summed E-state index contributed by atoms with van der Waals surface area (Å²) in [6, 6.07) is 0. The fourth-order valence-corrected chi connectivity index (χ4v) is 4.00. The lowest BCUT2D eigenvalue weighted by molar-refractivity contribution is -0.346. The maximum Gasteiger partial charge on any atom is 0.207 e. The molecule has 8 heteroatoms. The Morgan fingerprint density at radius 3 is 2.58 bits per heavy atom. The normalized spacial score (nSPS) is 51.7. The van der Waals surface area contributed by atoms with Gasteiger partial charge in [-0.1, -0.05) is 0 Å². The highest BCUT2D eigenvalue weighted by atomic mass is 16.8. The zero-order valence-corrected chi connectivity index (χ0v) is 13.8. The van der Waals surface area contributed by atoms with E-state index < -0.39 is 49.2 Å². The lowest BCUT2D eigenvalue weighted by Gasteiger charge is -2.44. The van der Waals surface area contributed by atoms with Crippen LogP contribution in [0, 0.1) is 11.8 Å². The second kappa shape index (κ2) is 6.53. The van der Waals surface area contributed by atoms with Gasteiger partial charge < -0.3 is 39.7 Å². The third-order valence-electron chi connectivity index (χ3n) is 5.50. The minimum atomic E-state index is -1.51. The maximum atomic E-state index is 10.6. The van der Waals surface area contributed by atoms with Crippen molar-refractivity contribution in [1.82, 2.24) is 0 Å². The van der Waals surface area contributed by atoms with E-state index in [0.29, 0.717) is 6.42 Å². The Kier molecular flexibility index (Phi) is 4.91. The molecule has 9 atom stereocenters. The molecule has 2 heterocycles. The van der Waals surface area contributed by atoms with Crippen molar-refractivity contribution < 1.29 is 39.7 Å². The summed E-state index contributed by atoms with van der Waals surface area (Å²) in [7, 11) is 0. The Morgan fingerprint density at radius 1 is 1.21 bits per heavy atom. The molecule has 0 unspecified atom stereocenters. The zero-order chi connectivity index (χ0) is 17.6. The van der Waals surface area contributed by atoms with E-state index in [1.807, 2.05) is 6.92 Å². The third kappa shape index (κ3) is 2.96. The Morgan fingerprint density at radius 2 is 1.92 bits per heavy atom. The van der Waals surface area contributed by atoms with Crippen molar-refractivity contribution in [3.63, 3.8) is 0 Å². The van der Waals surface area contributed by atoms with Gasteiger partial charge in [0.15, 0.2) is 6.29 Å². The van der Waals surface area contributed by atoms with Crippen LogP contribution in [0.3, 0.4) is 0 Å². The smallest absolute Gasteiger partial charge is 0.207 e. The molecule has 3 aliphatic rings. The van der Waals surface area contributed by atoms with Crippen LogP contribution in [0.4, 0.5) is 0 Å². The summed E-state index contributed by atoms with van der Waals surface area (Å²) in [5.41, 5.74) is 0.0327. The fraction of sp³-hybridized carbons (Fsp3) is 0.875. The van der Waals surface area contributed by atoms with E-state index in [9.17, 15) is 25.5 Å². The van der Waals surface area contributed by atoms with Crippen LogP contribution in [-0.2, 0) is 14.2 Å². The number of hydrogen-bond acceptors (Lipinski definition) is 8. The molecule has 0 radical (unpaired) electrons. The van der Waals surface area contributed by atoms with Crippen molar-refractivity contribution in [2.75, 3.05) is 6.61 Å². The van der Waals surface area contributed by atoms with Gasteiger partial charge in [-0.15, -0.1) is 0 Å². The molecule has 0 aromatic carbocycles. The molecular formula is C16H26O8. The summed E-state index contributed by atoms with van der Waals surface area (Å²) in [4.78, 5) is 0.